The van der Waals surface area contributed by atoms with Gasteiger partial charge in [0, 0.05) is 28.7 Å². The van der Waals surface area contributed by atoms with Crippen molar-refractivity contribution in [1.29, 1.82) is 0 Å². The van der Waals surface area contributed by atoms with Gasteiger partial charge in [-0.2, -0.15) is 0 Å². The molecule has 3 nitrogen and oxygen atoms in total. The number of carbonyl (C=O) groups is 1. The largest absolute Gasteiger partial charge is 0.347 e. The summed E-state index contributed by atoms with van der Waals surface area (Å²) in [6.07, 6.45) is 10.0. The van der Waals surface area contributed by atoms with Crippen molar-refractivity contribution in [2.75, 3.05) is 4.90 Å². The molecule has 0 atom stereocenters. The van der Waals surface area contributed by atoms with E-state index in [1.165, 1.54) is 12.8 Å². The fourth-order valence-electron chi connectivity index (χ4n) is 3.24. The maximum atomic E-state index is 13.0. The first-order valence-electron chi connectivity index (χ1n) is 9.54. The molecular weight excluding hydrogens is 332 g/mol. The van der Waals surface area contributed by atoms with Crippen molar-refractivity contribution in [3.8, 4) is 0 Å². The highest BCUT2D eigenvalue weighted by molar-refractivity contribution is 5.97. The van der Waals surface area contributed by atoms with Crippen LogP contribution >= 0.6 is 0 Å². The molecule has 1 aliphatic rings. The van der Waals surface area contributed by atoms with Crippen LogP contribution < -0.4 is 10.2 Å². The van der Waals surface area contributed by atoms with Crippen LogP contribution in [0.25, 0.3) is 5.57 Å². The van der Waals surface area contributed by atoms with Crippen molar-refractivity contribution in [2.24, 2.45) is 5.92 Å². The second-order valence-corrected chi connectivity index (χ2v) is 7.89. The molecular formula is C24H32N2O. The van der Waals surface area contributed by atoms with Crippen LogP contribution in [0.4, 0.5) is 5.69 Å². The number of hydrogen-bond acceptors (Lipinski definition) is 2. The van der Waals surface area contributed by atoms with Gasteiger partial charge in [-0.25, -0.2) is 0 Å². The molecule has 0 aromatic heterocycles. The van der Waals surface area contributed by atoms with Gasteiger partial charge in [0.2, 0.25) is 0 Å². The van der Waals surface area contributed by atoms with Gasteiger partial charge < -0.3 is 10.2 Å². The van der Waals surface area contributed by atoms with E-state index in [2.05, 4.69) is 38.4 Å². The summed E-state index contributed by atoms with van der Waals surface area (Å²) in [4.78, 5) is 15.0. The second kappa shape index (κ2) is 8.43. The molecule has 1 N–H and O–H groups in total. The lowest BCUT2D eigenvalue weighted by Gasteiger charge is -2.27. The Labute approximate surface area is 164 Å². The Morgan fingerprint density at radius 3 is 2.37 bits per heavy atom. The average molecular weight is 365 g/mol. The summed E-state index contributed by atoms with van der Waals surface area (Å²) in [6.45, 7) is 18.0. The number of allylic oxidation sites excluding steroid dienone is 5. The van der Waals surface area contributed by atoms with Gasteiger partial charge in [0.1, 0.15) is 0 Å². The number of benzene rings is 1. The lowest BCUT2D eigenvalue weighted by atomic mass is 9.97. The lowest BCUT2D eigenvalue weighted by Crippen LogP contribution is -2.45. The van der Waals surface area contributed by atoms with Crippen molar-refractivity contribution < 1.29 is 4.79 Å². The predicted molar refractivity (Wildman–Crippen MR) is 117 cm³/mol. The molecule has 1 aliphatic carbocycles. The second-order valence-electron chi connectivity index (χ2n) is 7.89. The Balaban J connectivity index is 2.48. The van der Waals surface area contributed by atoms with Crippen LogP contribution in [0.5, 0.6) is 0 Å². The third-order valence-corrected chi connectivity index (χ3v) is 5.02. The minimum absolute atomic E-state index is 0.0384. The van der Waals surface area contributed by atoms with Gasteiger partial charge in [-0.1, -0.05) is 31.4 Å². The number of amides is 1. The first-order valence-corrected chi connectivity index (χ1v) is 9.54. The number of hydrogen-bond donors (Lipinski definition) is 1. The van der Waals surface area contributed by atoms with E-state index in [1.54, 1.807) is 6.08 Å². The summed E-state index contributed by atoms with van der Waals surface area (Å²) in [6, 6.07) is 5.95. The Morgan fingerprint density at radius 1 is 1.22 bits per heavy atom. The molecule has 0 bridgehead atoms. The highest BCUT2D eigenvalue weighted by atomic mass is 16.1. The summed E-state index contributed by atoms with van der Waals surface area (Å²) < 4.78 is 0. The Bertz CT molecular complexity index is 795. The smallest absolute Gasteiger partial charge is 0.251 e. The van der Waals surface area contributed by atoms with Crippen LogP contribution in [0.2, 0.25) is 0 Å². The summed E-state index contributed by atoms with van der Waals surface area (Å²) in [5.74, 6) is 0.532. The van der Waals surface area contributed by atoms with E-state index < -0.39 is 0 Å². The number of nitrogens with one attached hydrogen (secondary N) is 1. The SMILES string of the molecule is C=C/C=C(\C)c1cc(C(=O)NC(C)(C)C2CC2)cc(N(/C=C\C)C(=C)C)c1. The molecule has 0 spiro atoms. The quantitative estimate of drug-likeness (QED) is 0.568. The van der Waals surface area contributed by atoms with Crippen LogP contribution in [0.1, 0.15) is 63.4 Å². The molecule has 2 rings (SSSR count). The monoisotopic (exact) mass is 364 g/mol. The van der Waals surface area contributed by atoms with E-state index in [1.807, 2.05) is 56.2 Å². The summed E-state index contributed by atoms with van der Waals surface area (Å²) in [5.41, 5.74) is 4.34. The molecule has 1 amide bonds. The van der Waals surface area contributed by atoms with Gasteiger partial charge in [-0.15, -0.1) is 0 Å². The van der Waals surface area contributed by atoms with Gasteiger partial charge in [0.15, 0.2) is 0 Å². The van der Waals surface area contributed by atoms with Crippen molar-refractivity contribution in [1.82, 2.24) is 5.32 Å². The number of rotatable bonds is 8. The molecule has 0 heterocycles. The number of carbonyl (C=O) groups excluding carboxylic acids is 1. The maximum Gasteiger partial charge on any atom is 0.251 e. The van der Waals surface area contributed by atoms with E-state index in [0.29, 0.717) is 11.5 Å². The van der Waals surface area contributed by atoms with E-state index in [-0.39, 0.29) is 11.4 Å². The minimum Gasteiger partial charge on any atom is -0.347 e. The molecule has 1 saturated carbocycles. The third kappa shape index (κ3) is 5.22. The molecule has 0 saturated heterocycles. The molecule has 1 aromatic rings. The van der Waals surface area contributed by atoms with Gasteiger partial charge >= 0.3 is 0 Å². The van der Waals surface area contributed by atoms with Crippen molar-refractivity contribution >= 4 is 17.2 Å². The first kappa shape index (κ1) is 20.8. The Kier molecular flexibility index (Phi) is 6.48. The highest BCUT2D eigenvalue weighted by Gasteiger charge is 2.38. The van der Waals surface area contributed by atoms with Crippen molar-refractivity contribution in [3.63, 3.8) is 0 Å². The standard InChI is InChI=1S/C24H32N2O/c1-8-10-18(5)19-14-20(23(27)25-24(6,7)21-11-12-21)16-22(15-19)26(13-9-2)17(3)4/h8-10,13-16,21H,1,3,11-12H2,2,4-7H3,(H,25,27)/b13-9-,18-10+. The average Bonchev–Trinajstić information content (AvgIpc) is 3.44. The first-order chi connectivity index (χ1) is 12.7. The lowest BCUT2D eigenvalue weighted by molar-refractivity contribution is 0.0903. The van der Waals surface area contributed by atoms with Gasteiger partial charge in [-0.05, 0) is 82.7 Å². The molecule has 27 heavy (non-hydrogen) atoms. The molecule has 1 aromatic carbocycles. The molecule has 1 fully saturated rings. The number of anilines is 1. The van der Waals surface area contributed by atoms with Crippen LogP contribution in [0.15, 0.2) is 61.5 Å². The molecule has 0 unspecified atom stereocenters. The van der Waals surface area contributed by atoms with Gasteiger partial charge in [-0.3, -0.25) is 4.79 Å². The zero-order valence-corrected chi connectivity index (χ0v) is 17.3. The zero-order valence-electron chi connectivity index (χ0n) is 17.3. The highest BCUT2D eigenvalue weighted by Crippen LogP contribution is 2.39. The van der Waals surface area contributed by atoms with Crippen LogP contribution in [0, 0.1) is 5.92 Å². The fourth-order valence-corrected chi connectivity index (χ4v) is 3.24. The van der Waals surface area contributed by atoms with E-state index in [9.17, 15) is 4.79 Å². The molecule has 0 radical (unpaired) electrons. The molecule has 3 heteroatoms. The van der Waals surface area contributed by atoms with E-state index >= 15 is 0 Å². The summed E-state index contributed by atoms with van der Waals surface area (Å²) in [5, 5.41) is 3.22. The van der Waals surface area contributed by atoms with Crippen molar-refractivity contribution in [3.05, 3.63) is 72.6 Å². The maximum absolute atomic E-state index is 13.0. The Hall–Kier alpha value is -2.55. The zero-order chi connectivity index (χ0) is 20.2. The normalized spacial score (nSPS) is 14.9. The van der Waals surface area contributed by atoms with E-state index in [4.69, 9.17) is 0 Å². The van der Waals surface area contributed by atoms with Crippen LogP contribution in [-0.4, -0.2) is 11.4 Å². The van der Waals surface area contributed by atoms with E-state index in [0.717, 1.165) is 22.5 Å². The summed E-state index contributed by atoms with van der Waals surface area (Å²) >= 11 is 0. The van der Waals surface area contributed by atoms with Crippen molar-refractivity contribution in [2.45, 2.75) is 53.0 Å². The third-order valence-electron chi connectivity index (χ3n) is 5.02. The topological polar surface area (TPSA) is 32.3 Å². The predicted octanol–water partition coefficient (Wildman–Crippen LogP) is 6.07. The Morgan fingerprint density at radius 2 is 1.85 bits per heavy atom. The van der Waals surface area contributed by atoms with Gasteiger partial charge in [0.05, 0.1) is 0 Å². The van der Waals surface area contributed by atoms with Gasteiger partial charge in [0.25, 0.3) is 5.91 Å². The summed E-state index contributed by atoms with van der Waals surface area (Å²) in [7, 11) is 0. The minimum atomic E-state index is -0.184. The number of nitrogens with zero attached hydrogens (tertiary/aromatic N) is 1. The van der Waals surface area contributed by atoms with Crippen LogP contribution in [0.3, 0.4) is 0 Å². The molecule has 0 aliphatic heterocycles. The molecule has 144 valence electrons. The fraction of sp³-hybridized carbons (Fsp3) is 0.375. The van der Waals surface area contributed by atoms with Crippen LogP contribution in [-0.2, 0) is 0 Å².